The van der Waals surface area contributed by atoms with E-state index in [1.807, 2.05) is 25.1 Å². The fourth-order valence-electron chi connectivity index (χ4n) is 1.99. The van der Waals surface area contributed by atoms with E-state index >= 15 is 0 Å². The first-order chi connectivity index (χ1) is 9.74. The van der Waals surface area contributed by atoms with E-state index in [1.54, 1.807) is 6.92 Å². The van der Waals surface area contributed by atoms with Crippen LogP contribution in [0.2, 0.25) is 0 Å². The monoisotopic (exact) mass is 280 g/mol. The van der Waals surface area contributed by atoms with Gasteiger partial charge >= 0.3 is 5.97 Å². The van der Waals surface area contributed by atoms with Crippen LogP contribution in [0.25, 0.3) is 0 Å². The largest absolute Gasteiger partial charge is 0.464 e. The topological polar surface area (TPSA) is 54.0 Å². The molecule has 0 saturated heterocycles. The molecule has 0 aromatic heterocycles. The third-order valence-electron chi connectivity index (χ3n) is 2.99. The van der Waals surface area contributed by atoms with Gasteiger partial charge in [-0.1, -0.05) is 19.4 Å². The number of carbonyl (C=O) groups excluding carboxylic acids is 1. The Morgan fingerprint density at radius 3 is 2.85 bits per heavy atom. The highest BCUT2D eigenvalue weighted by atomic mass is 16.7. The average Bonchev–Trinajstić information content (AvgIpc) is 2.91. The van der Waals surface area contributed by atoms with Gasteiger partial charge in [0.15, 0.2) is 17.6 Å². The summed E-state index contributed by atoms with van der Waals surface area (Å²) in [6.07, 6.45) is 1.01. The van der Waals surface area contributed by atoms with E-state index in [4.69, 9.17) is 18.9 Å². The number of rotatable bonds is 7. The molecule has 1 aromatic rings. The summed E-state index contributed by atoms with van der Waals surface area (Å²) in [5, 5.41) is 0. The molecule has 1 atom stereocenters. The van der Waals surface area contributed by atoms with Crippen LogP contribution in [0, 0.1) is 0 Å². The molecule has 1 aliphatic rings. The van der Waals surface area contributed by atoms with E-state index in [-0.39, 0.29) is 12.8 Å². The van der Waals surface area contributed by atoms with Crippen LogP contribution in [-0.4, -0.2) is 25.5 Å². The Bertz CT molecular complexity index is 458. The van der Waals surface area contributed by atoms with Crippen LogP contribution >= 0.6 is 0 Å². The summed E-state index contributed by atoms with van der Waals surface area (Å²) < 4.78 is 21.2. The summed E-state index contributed by atoms with van der Waals surface area (Å²) in [4.78, 5) is 11.7. The van der Waals surface area contributed by atoms with E-state index in [1.165, 1.54) is 0 Å². The molecule has 110 valence electrons. The molecule has 2 rings (SSSR count). The lowest BCUT2D eigenvalue weighted by Gasteiger charge is -2.15. The maximum Gasteiger partial charge on any atom is 0.335 e. The van der Waals surface area contributed by atoms with Crippen LogP contribution in [0.15, 0.2) is 18.2 Å². The first-order valence-corrected chi connectivity index (χ1v) is 6.91. The van der Waals surface area contributed by atoms with Gasteiger partial charge in [0, 0.05) is 0 Å². The van der Waals surface area contributed by atoms with Crippen molar-refractivity contribution in [3.63, 3.8) is 0 Å². The maximum absolute atomic E-state index is 11.7. The number of hydrogen-bond acceptors (Lipinski definition) is 5. The van der Waals surface area contributed by atoms with Crippen LogP contribution in [0.1, 0.15) is 32.3 Å². The standard InChI is InChI=1S/C15H20O5/c1-3-5-13(15(16)17-4-2)18-9-11-6-7-12-14(8-11)20-10-19-12/h6-8,13H,3-5,9-10H2,1-2H3. The van der Waals surface area contributed by atoms with Crippen molar-refractivity contribution in [1.29, 1.82) is 0 Å². The molecule has 0 fully saturated rings. The minimum atomic E-state index is -0.509. The molecular formula is C15H20O5. The predicted molar refractivity (Wildman–Crippen MR) is 72.7 cm³/mol. The lowest BCUT2D eigenvalue weighted by atomic mass is 10.2. The Morgan fingerprint density at radius 2 is 2.10 bits per heavy atom. The zero-order valence-electron chi connectivity index (χ0n) is 11.9. The molecular weight excluding hydrogens is 260 g/mol. The highest BCUT2D eigenvalue weighted by Gasteiger charge is 2.20. The smallest absolute Gasteiger partial charge is 0.335 e. The Balaban J connectivity index is 1.93. The molecule has 0 amide bonds. The highest BCUT2D eigenvalue weighted by Crippen LogP contribution is 2.32. The maximum atomic E-state index is 11.7. The number of ether oxygens (including phenoxy) is 4. The van der Waals surface area contributed by atoms with Crippen molar-refractivity contribution in [2.45, 2.75) is 39.4 Å². The third kappa shape index (κ3) is 3.63. The van der Waals surface area contributed by atoms with Gasteiger partial charge in [0.1, 0.15) is 0 Å². The summed E-state index contributed by atoms with van der Waals surface area (Å²) >= 11 is 0. The zero-order valence-corrected chi connectivity index (χ0v) is 11.9. The average molecular weight is 280 g/mol. The second kappa shape index (κ2) is 7.14. The molecule has 1 aromatic carbocycles. The van der Waals surface area contributed by atoms with E-state index in [0.717, 1.165) is 17.7 Å². The number of benzene rings is 1. The van der Waals surface area contributed by atoms with Crippen molar-refractivity contribution in [2.24, 2.45) is 0 Å². The van der Waals surface area contributed by atoms with Crippen molar-refractivity contribution >= 4 is 5.97 Å². The number of carbonyl (C=O) groups is 1. The van der Waals surface area contributed by atoms with Crippen molar-refractivity contribution < 1.29 is 23.7 Å². The molecule has 5 nitrogen and oxygen atoms in total. The van der Waals surface area contributed by atoms with Crippen LogP contribution < -0.4 is 9.47 Å². The summed E-state index contributed by atoms with van der Waals surface area (Å²) in [6.45, 7) is 4.77. The van der Waals surface area contributed by atoms with E-state index in [9.17, 15) is 4.79 Å². The summed E-state index contributed by atoms with van der Waals surface area (Å²) in [5.74, 6) is 1.16. The van der Waals surface area contributed by atoms with E-state index in [2.05, 4.69) is 0 Å². The number of fused-ring (bicyclic) bond motifs is 1. The Kier molecular flexibility index (Phi) is 5.24. The molecule has 0 bridgehead atoms. The SMILES string of the molecule is CCCC(OCc1ccc2c(c1)OCO2)C(=O)OCC. The van der Waals surface area contributed by atoms with E-state index < -0.39 is 6.10 Å². The Morgan fingerprint density at radius 1 is 1.30 bits per heavy atom. The Labute approximate surface area is 118 Å². The van der Waals surface area contributed by atoms with Crippen molar-refractivity contribution in [3.8, 4) is 11.5 Å². The highest BCUT2D eigenvalue weighted by molar-refractivity contribution is 5.74. The number of hydrogen-bond donors (Lipinski definition) is 0. The van der Waals surface area contributed by atoms with Gasteiger partial charge in [-0.2, -0.15) is 0 Å². The van der Waals surface area contributed by atoms with Gasteiger partial charge in [0.05, 0.1) is 13.2 Å². The van der Waals surface area contributed by atoms with Gasteiger partial charge in [0.2, 0.25) is 6.79 Å². The van der Waals surface area contributed by atoms with Crippen LogP contribution in [0.4, 0.5) is 0 Å². The fourth-order valence-corrected chi connectivity index (χ4v) is 1.99. The molecule has 0 saturated carbocycles. The molecule has 0 radical (unpaired) electrons. The molecule has 0 N–H and O–H groups in total. The summed E-state index contributed by atoms with van der Waals surface area (Å²) in [7, 11) is 0. The predicted octanol–water partition coefficient (Wildman–Crippen LogP) is 2.66. The first-order valence-electron chi connectivity index (χ1n) is 6.91. The molecule has 0 aliphatic carbocycles. The van der Waals surface area contributed by atoms with Crippen LogP contribution in [0.3, 0.4) is 0 Å². The van der Waals surface area contributed by atoms with Crippen LogP contribution in [-0.2, 0) is 20.9 Å². The lowest BCUT2D eigenvalue weighted by molar-refractivity contribution is -0.158. The molecule has 5 heteroatoms. The number of esters is 1. The van der Waals surface area contributed by atoms with Gasteiger partial charge in [-0.15, -0.1) is 0 Å². The fraction of sp³-hybridized carbons (Fsp3) is 0.533. The molecule has 0 spiro atoms. The van der Waals surface area contributed by atoms with Gasteiger partial charge < -0.3 is 18.9 Å². The quantitative estimate of drug-likeness (QED) is 0.719. The first kappa shape index (κ1) is 14.7. The lowest BCUT2D eigenvalue weighted by Crippen LogP contribution is -2.26. The minimum Gasteiger partial charge on any atom is -0.464 e. The Hall–Kier alpha value is -1.75. The van der Waals surface area contributed by atoms with Gasteiger partial charge in [-0.05, 0) is 31.0 Å². The van der Waals surface area contributed by atoms with Crippen molar-refractivity contribution in [2.75, 3.05) is 13.4 Å². The second-order valence-corrected chi connectivity index (χ2v) is 4.53. The third-order valence-corrected chi connectivity index (χ3v) is 2.99. The van der Waals surface area contributed by atoms with E-state index in [0.29, 0.717) is 25.4 Å². The second-order valence-electron chi connectivity index (χ2n) is 4.53. The molecule has 20 heavy (non-hydrogen) atoms. The van der Waals surface area contributed by atoms with Crippen molar-refractivity contribution in [1.82, 2.24) is 0 Å². The van der Waals surface area contributed by atoms with Gasteiger partial charge in [-0.25, -0.2) is 4.79 Å². The molecule has 1 heterocycles. The van der Waals surface area contributed by atoms with Gasteiger partial charge in [0.25, 0.3) is 0 Å². The van der Waals surface area contributed by atoms with Crippen molar-refractivity contribution in [3.05, 3.63) is 23.8 Å². The molecule has 1 unspecified atom stereocenters. The minimum absolute atomic E-state index is 0.251. The zero-order chi connectivity index (χ0) is 14.4. The van der Waals surface area contributed by atoms with Gasteiger partial charge in [-0.3, -0.25) is 0 Å². The summed E-state index contributed by atoms with van der Waals surface area (Å²) in [6, 6.07) is 5.62. The molecule has 1 aliphatic heterocycles. The normalized spacial score (nSPS) is 14.1. The van der Waals surface area contributed by atoms with Crippen LogP contribution in [0.5, 0.6) is 11.5 Å². The summed E-state index contributed by atoms with van der Waals surface area (Å²) in [5.41, 5.74) is 0.944.